The van der Waals surface area contributed by atoms with E-state index in [4.69, 9.17) is 20.9 Å². The average Bonchev–Trinajstić information content (AvgIpc) is 3.11. The van der Waals surface area contributed by atoms with Gasteiger partial charge in [0.2, 0.25) is 0 Å². The van der Waals surface area contributed by atoms with Gasteiger partial charge in [-0.25, -0.2) is 9.59 Å². The molecule has 0 aliphatic heterocycles. The minimum Gasteiger partial charge on any atom is -0.462 e. The van der Waals surface area contributed by atoms with E-state index < -0.39 is 11.9 Å². The van der Waals surface area contributed by atoms with E-state index in [-0.39, 0.29) is 13.2 Å². The highest BCUT2D eigenvalue weighted by Gasteiger charge is 2.23. The topological polar surface area (TPSA) is 139 Å². The normalized spacial score (nSPS) is 15.4. The van der Waals surface area contributed by atoms with Crippen molar-refractivity contribution in [3.63, 3.8) is 0 Å². The van der Waals surface area contributed by atoms with Crippen molar-refractivity contribution in [2.75, 3.05) is 13.2 Å². The second-order valence-corrected chi connectivity index (χ2v) is 12.7. The predicted molar refractivity (Wildman–Crippen MR) is 192 cm³/mol. The summed E-state index contributed by atoms with van der Waals surface area (Å²) in [6.45, 7) is 3.88. The molecule has 0 spiro atoms. The van der Waals surface area contributed by atoms with Crippen LogP contribution in [0, 0.1) is 0 Å². The zero-order chi connectivity index (χ0) is 34.2. The lowest BCUT2D eigenvalue weighted by atomic mass is 9.84. The molecular weight excluding hydrogens is 604 g/mol. The molecule has 2 aliphatic carbocycles. The molecule has 0 unspecified atom stereocenters. The Balaban J connectivity index is 0.000000265. The van der Waals surface area contributed by atoms with Gasteiger partial charge in [0.1, 0.15) is 0 Å². The van der Waals surface area contributed by atoms with Gasteiger partial charge in [0.05, 0.1) is 24.3 Å². The van der Waals surface area contributed by atoms with E-state index in [9.17, 15) is 19.2 Å². The van der Waals surface area contributed by atoms with Crippen molar-refractivity contribution >= 4 is 67.6 Å². The van der Waals surface area contributed by atoms with Crippen molar-refractivity contribution in [3.05, 3.63) is 70.8 Å². The highest BCUT2D eigenvalue weighted by Crippen LogP contribution is 2.43. The zero-order valence-corrected chi connectivity index (χ0v) is 28.0. The monoisotopic (exact) mass is 650 g/mol. The SMILES string of the molecule is CCOC(=O)c1ccc2c3ccc(C=O)c4c(C(=O)OCC)ccc(c5ccc(C=O)c1c52)c43.NC1CCCCC1.NC1CCCCC1. The third-order valence-corrected chi connectivity index (χ3v) is 9.51. The predicted octanol–water partition coefficient (Wildman–Crippen LogP) is 8.27. The number of aldehydes is 2. The third kappa shape index (κ3) is 7.20. The van der Waals surface area contributed by atoms with Gasteiger partial charge in [0, 0.05) is 34.0 Å². The lowest BCUT2D eigenvalue weighted by Crippen LogP contribution is -2.22. The standard InChI is InChI=1S/C28H20O6.2C6H13N/c1-3-33-27(31)21-11-9-19-18-8-6-16(14-30)24-22(28(32)34-4-2)12-10-20(26(18)24)17-7-5-15(13-29)23(21)25(17)19;2*7-6-4-2-1-3-5-6/h5-14H,3-4H2,1-2H3;2*6H,1-5,7H2. The van der Waals surface area contributed by atoms with Crippen LogP contribution < -0.4 is 11.5 Å². The fourth-order valence-electron chi connectivity index (χ4n) is 7.16. The number of carbonyl (C=O) groups excluding carboxylic acids is 4. The van der Waals surface area contributed by atoms with Crippen LogP contribution in [0.1, 0.15) is 119 Å². The Morgan fingerprint density at radius 1 is 0.562 bits per heavy atom. The van der Waals surface area contributed by atoms with Crippen LogP contribution in [0.5, 0.6) is 0 Å². The van der Waals surface area contributed by atoms with E-state index >= 15 is 0 Å². The van der Waals surface area contributed by atoms with Crippen LogP contribution >= 0.6 is 0 Å². The van der Waals surface area contributed by atoms with Gasteiger partial charge in [-0.1, -0.05) is 74.9 Å². The molecule has 8 heteroatoms. The summed E-state index contributed by atoms with van der Waals surface area (Å²) in [6, 6.07) is 15.1. The van der Waals surface area contributed by atoms with Crippen molar-refractivity contribution < 1.29 is 28.7 Å². The second-order valence-electron chi connectivity index (χ2n) is 12.7. The molecule has 7 rings (SSSR count). The first kappa shape index (κ1) is 34.9. The van der Waals surface area contributed by atoms with Gasteiger partial charge >= 0.3 is 11.9 Å². The maximum Gasteiger partial charge on any atom is 0.338 e. The summed E-state index contributed by atoms with van der Waals surface area (Å²) in [5.74, 6) is -1.00. The van der Waals surface area contributed by atoms with Crippen molar-refractivity contribution in [1.82, 2.24) is 0 Å². The molecule has 0 atom stereocenters. The summed E-state index contributed by atoms with van der Waals surface area (Å²) in [6.07, 6.45) is 14.8. The molecule has 48 heavy (non-hydrogen) atoms. The Bertz CT molecular complexity index is 1760. The average molecular weight is 651 g/mol. The van der Waals surface area contributed by atoms with Gasteiger partial charge in [-0.2, -0.15) is 0 Å². The minimum atomic E-state index is -0.501. The number of hydrogen-bond acceptors (Lipinski definition) is 8. The van der Waals surface area contributed by atoms with Crippen molar-refractivity contribution in [1.29, 1.82) is 0 Å². The van der Waals surface area contributed by atoms with Gasteiger partial charge in [-0.15, -0.1) is 0 Å². The number of rotatable bonds is 6. The fraction of sp³-hybridized carbons (Fsp3) is 0.400. The number of carbonyl (C=O) groups is 4. The molecule has 0 bridgehead atoms. The van der Waals surface area contributed by atoms with Crippen LogP contribution in [-0.4, -0.2) is 49.8 Å². The van der Waals surface area contributed by atoms with Crippen LogP contribution in [0.2, 0.25) is 0 Å². The summed E-state index contributed by atoms with van der Waals surface area (Å²) >= 11 is 0. The van der Waals surface area contributed by atoms with Crippen molar-refractivity contribution in [2.24, 2.45) is 11.5 Å². The summed E-state index contributed by atoms with van der Waals surface area (Å²) in [7, 11) is 0. The van der Waals surface area contributed by atoms with Gasteiger partial charge in [0.15, 0.2) is 12.6 Å². The highest BCUT2D eigenvalue weighted by molar-refractivity contribution is 6.37. The number of benzene rings is 5. The van der Waals surface area contributed by atoms with E-state index in [0.717, 1.165) is 44.9 Å². The van der Waals surface area contributed by atoms with Gasteiger partial charge in [-0.05, 0) is 84.0 Å². The Kier molecular flexibility index (Phi) is 11.7. The highest BCUT2D eigenvalue weighted by atomic mass is 16.5. The first-order chi connectivity index (χ1) is 23.3. The van der Waals surface area contributed by atoms with Crippen LogP contribution in [-0.2, 0) is 9.47 Å². The second kappa shape index (κ2) is 16.1. The third-order valence-electron chi connectivity index (χ3n) is 9.51. The molecule has 8 nitrogen and oxygen atoms in total. The first-order valence-electron chi connectivity index (χ1n) is 17.3. The Hall–Kier alpha value is -4.40. The summed E-state index contributed by atoms with van der Waals surface area (Å²) in [5.41, 5.74) is 12.7. The van der Waals surface area contributed by atoms with Crippen LogP contribution in [0.3, 0.4) is 0 Å². The maximum atomic E-state index is 12.7. The Morgan fingerprint density at radius 3 is 1.17 bits per heavy atom. The van der Waals surface area contributed by atoms with Gasteiger partial charge in [0.25, 0.3) is 0 Å². The first-order valence-corrected chi connectivity index (χ1v) is 17.3. The number of fused-ring (bicyclic) bond motifs is 2. The molecule has 2 aliphatic rings. The molecule has 5 aromatic carbocycles. The van der Waals surface area contributed by atoms with Crippen LogP contribution in [0.15, 0.2) is 48.5 Å². The molecule has 2 fully saturated rings. The summed E-state index contributed by atoms with van der Waals surface area (Å²) in [5, 5.41) is 5.77. The number of esters is 2. The van der Waals surface area contributed by atoms with E-state index in [1.54, 1.807) is 38.1 Å². The molecule has 0 heterocycles. The molecule has 0 aromatic heterocycles. The molecule has 2 saturated carbocycles. The fourth-order valence-corrected chi connectivity index (χ4v) is 7.16. The van der Waals surface area contributed by atoms with E-state index in [2.05, 4.69) is 0 Å². The van der Waals surface area contributed by atoms with E-state index in [0.29, 0.717) is 45.1 Å². The van der Waals surface area contributed by atoms with Gasteiger partial charge < -0.3 is 20.9 Å². The Morgan fingerprint density at radius 2 is 0.896 bits per heavy atom. The molecule has 0 saturated heterocycles. The van der Waals surface area contributed by atoms with Crippen molar-refractivity contribution in [3.8, 4) is 0 Å². The minimum absolute atomic E-state index is 0.214. The van der Waals surface area contributed by atoms with E-state index in [1.807, 2.05) is 24.3 Å². The molecule has 5 aromatic rings. The van der Waals surface area contributed by atoms with E-state index in [1.165, 1.54) is 64.2 Å². The number of nitrogens with two attached hydrogens (primary N) is 2. The lowest BCUT2D eigenvalue weighted by Gasteiger charge is -2.19. The van der Waals surface area contributed by atoms with Crippen LogP contribution in [0.25, 0.3) is 43.1 Å². The Labute approximate surface area is 281 Å². The molecule has 252 valence electrons. The largest absolute Gasteiger partial charge is 0.462 e. The lowest BCUT2D eigenvalue weighted by molar-refractivity contribution is 0.0519. The summed E-state index contributed by atoms with van der Waals surface area (Å²) < 4.78 is 10.5. The molecule has 4 N–H and O–H groups in total. The van der Waals surface area contributed by atoms with Crippen molar-refractivity contribution in [2.45, 2.75) is 90.1 Å². The van der Waals surface area contributed by atoms with Crippen LogP contribution in [0.4, 0.5) is 0 Å². The summed E-state index contributed by atoms with van der Waals surface area (Å²) in [4.78, 5) is 49.3. The quantitative estimate of drug-likeness (QED) is 0.0810. The smallest absolute Gasteiger partial charge is 0.338 e. The number of ether oxygens (including phenoxy) is 2. The number of hydrogen-bond donors (Lipinski definition) is 2. The van der Waals surface area contributed by atoms with Gasteiger partial charge in [-0.3, -0.25) is 9.59 Å². The zero-order valence-electron chi connectivity index (χ0n) is 28.0. The maximum absolute atomic E-state index is 12.7. The molecule has 0 amide bonds. The molecular formula is C40H46N2O6. The molecule has 0 radical (unpaired) electrons.